The van der Waals surface area contributed by atoms with E-state index < -0.39 is 0 Å². The van der Waals surface area contributed by atoms with E-state index in [0.29, 0.717) is 0 Å². The minimum Gasteiger partial charge on any atom is -0.310 e. The van der Waals surface area contributed by atoms with Crippen molar-refractivity contribution in [2.45, 2.75) is 0 Å². The molecule has 0 saturated heterocycles. The second-order valence-electron chi connectivity index (χ2n) is 18.7. The lowest BCUT2D eigenvalue weighted by Crippen LogP contribution is -2.10. The Morgan fingerprint density at radius 2 is 0.577 bits per heavy atom. The van der Waals surface area contributed by atoms with Gasteiger partial charge in [-0.1, -0.05) is 224 Å². The van der Waals surface area contributed by atoms with Crippen LogP contribution in [-0.4, -0.2) is 0 Å². The molecule has 0 heterocycles. The van der Waals surface area contributed by atoms with Gasteiger partial charge in [0.15, 0.2) is 0 Å². The Hall–Kier alpha value is -9.30. The van der Waals surface area contributed by atoms with Crippen molar-refractivity contribution in [1.82, 2.24) is 0 Å². The Kier molecular flexibility index (Phi) is 9.60. The summed E-state index contributed by atoms with van der Waals surface area (Å²) in [7, 11) is 0. The first-order valence-corrected chi connectivity index (χ1v) is 24.6. The van der Waals surface area contributed by atoms with Crippen LogP contribution >= 0.6 is 0 Å². The van der Waals surface area contributed by atoms with Gasteiger partial charge < -0.3 is 4.90 Å². The van der Waals surface area contributed by atoms with Crippen LogP contribution in [0.4, 0.5) is 17.1 Å². The Morgan fingerprint density at radius 3 is 1.15 bits per heavy atom. The quantitative estimate of drug-likeness (QED) is 0.144. The van der Waals surface area contributed by atoms with Gasteiger partial charge in [0.25, 0.3) is 0 Å². The molecule has 71 heavy (non-hydrogen) atoms. The molecule has 0 aliphatic carbocycles. The van der Waals surface area contributed by atoms with E-state index in [1.807, 2.05) is 0 Å². The van der Waals surface area contributed by atoms with Gasteiger partial charge >= 0.3 is 0 Å². The number of fused-ring (bicyclic) bond motifs is 7. The van der Waals surface area contributed by atoms with Gasteiger partial charge in [-0.05, 0) is 168 Å². The van der Waals surface area contributed by atoms with Crippen LogP contribution in [0.15, 0.2) is 273 Å². The van der Waals surface area contributed by atoms with E-state index in [9.17, 15) is 0 Å². The third-order valence-electron chi connectivity index (χ3n) is 14.7. The zero-order valence-corrected chi connectivity index (χ0v) is 38.9. The third-order valence-corrected chi connectivity index (χ3v) is 14.7. The van der Waals surface area contributed by atoms with Crippen molar-refractivity contribution in [3.63, 3.8) is 0 Å². The fourth-order valence-electron chi connectivity index (χ4n) is 11.6. The second-order valence-corrected chi connectivity index (χ2v) is 18.7. The van der Waals surface area contributed by atoms with Crippen molar-refractivity contribution >= 4 is 92.5 Å². The number of nitrogens with zero attached hydrogens (tertiary/aromatic N) is 1. The van der Waals surface area contributed by atoms with Crippen LogP contribution < -0.4 is 4.90 Å². The maximum Gasteiger partial charge on any atom is 0.0468 e. The zero-order valence-electron chi connectivity index (χ0n) is 38.9. The van der Waals surface area contributed by atoms with Gasteiger partial charge in [-0.3, -0.25) is 0 Å². The van der Waals surface area contributed by atoms with E-state index >= 15 is 0 Å². The predicted molar refractivity (Wildman–Crippen MR) is 305 cm³/mol. The minimum absolute atomic E-state index is 1.09. The van der Waals surface area contributed by atoms with E-state index in [4.69, 9.17) is 0 Å². The first kappa shape index (κ1) is 40.7. The van der Waals surface area contributed by atoms with Gasteiger partial charge in [0.1, 0.15) is 0 Å². The molecule has 0 aliphatic rings. The number of benzene rings is 14. The molecule has 0 spiro atoms. The Balaban J connectivity index is 1.02. The predicted octanol–water partition coefficient (Wildman–Crippen LogP) is 19.9. The molecule has 0 saturated carbocycles. The summed E-state index contributed by atoms with van der Waals surface area (Å²) >= 11 is 0. The average molecular weight is 900 g/mol. The van der Waals surface area contributed by atoms with Crippen LogP contribution in [0.25, 0.3) is 120 Å². The summed E-state index contributed by atoms with van der Waals surface area (Å²) in [5.74, 6) is 0. The fraction of sp³-hybridized carbons (Fsp3) is 0. The normalized spacial score (nSPS) is 11.7. The van der Waals surface area contributed by atoms with E-state index in [1.165, 1.54) is 120 Å². The summed E-state index contributed by atoms with van der Waals surface area (Å²) in [6.45, 7) is 0. The molecule has 14 aromatic carbocycles. The summed E-state index contributed by atoms with van der Waals surface area (Å²) in [5, 5.41) is 17.3. The van der Waals surface area contributed by atoms with Crippen molar-refractivity contribution < 1.29 is 0 Å². The molecule has 0 atom stereocenters. The number of hydrogen-bond donors (Lipinski definition) is 0. The summed E-state index contributed by atoms with van der Waals surface area (Å²) in [6.07, 6.45) is 0. The fourth-order valence-corrected chi connectivity index (χ4v) is 11.6. The van der Waals surface area contributed by atoms with E-state index in [-0.39, 0.29) is 0 Å². The van der Waals surface area contributed by atoms with Gasteiger partial charge in [-0.2, -0.15) is 0 Å². The van der Waals surface area contributed by atoms with Crippen LogP contribution in [0, 0.1) is 0 Å². The van der Waals surface area contributed by atoms with Crippen molar-refractivity contribution in [2.24, 2.45) is 0 Å². The SMILES string of the molecule is c1ccc(N(c2cccc(-c3c4ccccc4c(-c4cccc5ccccc45)c4ccccc34)c2)c2ccc3c(-c4ccc5ccccc5c4)c4ccccc4c(-c4ccc5ccccc5c4)c3c2)cc1. The molecule has 1 heteroatoms. The van der Waals surface area contributed by atoms with Crippen LogP contribution in [0.3, 0.4) is 0 Å². The number of anilines is 3. The lowest BCUT2D eigenvalue weighted by molar-refractivity contribution is 1.29. The second kappa shape index (κ2) is 16.7. The van der Waals surface area contributed by atoms with Gasteiger partial charge in [-0.15, -0.1) is 0 Å². The first-order valence-electron chi connectivity index (χ1n) is 24.6. The highest BCUT2D eigenvalue weighted by Gasteiger charge is 2.23. The molecular formula is C70H45N. The van der Waals surface area contributed by atoms with Crippen LogP contribution in [0.1, 0.15) is 0 Å². The molecule has 1 nitrogen and oxygen atoms in total. The molecule has 14 aromatic rings. The minimum atomic E-state index is 1.09. The standard InChI is InChI=1S/C70H45N/c1-2-25-54(26-3-1)71(55-27-16-24-51(44-55)67-61-31-12-14-33-63(61)70(64-34-15-13-32-62(64)67)58-35-17-23-48-20-8-9-28-57(48)58)56-40-41-65-66(45-56)69(53-39-37-47-19-5-7-22-50(47)43-53)60-30-11-10-29-59(60)68(65)52-38-36-46-18-4-6-21-49(46)42-52/h1-45H. The maximum atomic E-state index is 2.44. The summed E-state index contributed by atoms with van der Waals surface area (Å²) in [6, 6.07) is 101. The van der Waals surface area contributed by atoms with Crippen molar-refractivity contribution in [1.29, 1.82) is 0 Å². The number of rotatable bonds is 7. The molecule has 0 radical (unpaired) electrons. The lowest BCUT2D eigenvalue weighted by atomic mass is 9.84. The van der Waals surface area contributed by atoms with Crippen LogP contribution in [0.2, 0.25) is 0 Å². The van der Waals surface area contributed by atoms with Crippen molar-refractivity contribution in [2.75, 3.05) is 4.90 Å². The highest BCUT2D eigenvalue weighted by atomic mass is 15.1. The first-order chi connectivity index (χ1) is 35.2. The topological polar surface area (TPSA) is 3.24 Å². The van der Waals surface area contributed by atoms with E-state index in [1.54, 1.807) is 0 Å². The van der Waals surface area contributed by atoms with Crippen LogP contribution in [0.5, 0.6) is 0 Å². The third kappa shape index (κ3) is 6.78. The Labute approximate surface area is 412 Å². The van der Waals surface area contributed by atoms with Crippen LogP contribution in [-0.2, 0) is 0 Å². The molecule has 0 amide bonds. The smallest absolute Gasteiger partial charge is 0.0468 e. The monoisotopic (exact) mass is 899 g/mol. The molecule has 0 fully saturated rings. The largest absolute Gasteiger partial charge is 0.310 e. The van der Waals surface area contributed by atoms with Gasteiger partial charge in [0.05, 0.1) is 0 Å². The summed E-state index contributed by atoms with van der Waals surface area (Å²) in [5.41, 5.74) is 13.1. The Morgan fingerprint density at radius 1 is 0.183 bits per heavy atom. The lowest BCUT2D eigenvalue weighted by Gasteiger charge is -2.27. The van der Waals surface area contributed by atoms with Crippen molar-refractivity contribution in [3.8, 4) is 44.5 Å². The summed E-state index contributed by atoms with van der Waals surface area (Å²) in [4.78, 5) is 2.44. The van der Waals surface area contributed by atoms with Crippen molar-refractivity contribution in [3.05, 3.63) is 273 Å². The van der Waals surface area contributed by atoms with Gasteiger partial charge in [0, 0.05) is 17.1 Å². The molecule has 0 aliphatic heterocycles. The van der Waals surface area contributed by atoms with E-state index in [0.717, 1.165) is 17.1 Å². The van der Waals surface area contributed by atoms with E-state index in [2.05, 4.69) is 278 Å². The highest BCUT2D eigenvalue weighted by molar-refractivity contribution is 6.25. The zero-order chi connectivity index (χ0) is 46.8. The highest BCUT2D eigenvalue weighted by Crippen LogP contribution is 2.49. The maximum absolute atomic E-state index is 2.44. The Bertz CT molecular complexity index is 4350. The number of hydrogen-bond acceptors (Lipinski definition) is 1. The molecule has 0 bridgehead atoms. The summed E-state index contributed by atoms with van der Waals surface area (Å²) < 4.78 is 0. The molecular weight excluding hydrogens is 855 g/mol. The molecule has 0 unspecified atom stereocenters. The van der Waals surface area contributed by atoms with Gasteiger partial charge in [0.2, 0.25) is 0 Å². The molecule has 0 N–H and O–H groups in total. The van der Waals surface area contributed by atoms with Gasteiger partial charge in [-0.25, -0.2) is 0 Å². The number of para-hydroxylation sites is 1. The average Bonchev–Trinajstić information content (AvgIpc) is 3.44. The molecule has 330 valence electrons. The molecule has 14 rings (SSSR count). The molecule has 0 aromatic heterocycles.